The van der Waals surface area contributed by atoms with Gasteiger partial charge in [0.05, 0.1) is 0 Å². The maximum atomic E-state index is 6.08. The first-order valence-corrected chi connectivity index (χ1v) is 9.77. The Kier molecular flexibility index (Phi) is 4.73. The molecule has 4 heteroatoms. The smallest absolute Gasteiger partial charge is 0.142 e. The standard InChI is InChI=1S/C24H24N2O2/c1-3-7-19(8-4-1)13-25-15-21-11-24-22(12-23(21)27-17-25)16-26(18-28-24)14-20-9-5-2-6-10-20/h1-12H,13-18H2. The van der Waals surface area contributed by atoms with E-state index < -0.39 is 0 Å². The molecule has 28 heavy (non-hydrogen) atoms. The molecule has 0 bridgehead atoms. The maximum absolute atomic E-state index is 6.08. The van der Waals surface area contributed by atoms with Crippen LogP contribution in [0.5, 0.6) is 11.5 Å². The summed E-state index contributed by atoms with van der Waals surface area (Å²) in [6, 6.07) is 25.4. The fourth-order valence-electron chi connectivity index (χ4n) is 3.94. The van der Waals surface area contributed by atoms with Crippen LogP contribution in [0.3, 0.4) is 0 Å². The average Bonchev–Trinajstić information content (AvgIpc) is 2.74. The van der Waals surface area contributed by atoms with Crippen LogP contribution in [0.2, 0.25) is 0 Å². The van der Waals surface area contributed by atoms with Crippen LogP contribution in [0.15, 0.2) is 72.8 Å². The first-order chi connectivity index (χ1) is 13.8. The fraction of sp³-hybridized carbons (Fsp3) is 0.250. The molecule has 142 valence electrons. The molecule has 0 saturated carbocycles. The number of nitrogens with zero attached hydrogens (tertiary/aromatic N) is 2. The molecule has 4 nitrogen and oxygen atoms in total. The zero-order valence-electron chi connectivity index (χ0n) is 15.9. The highest BCUT2D eigenvalue weighted by Crippen LogP contribution is 2.35. The number of fused-ring (bicyclic) bond motifs is 2. The Bertz CT molecular complexity index is 864. The van der Waals surface area contributed by atoms with Crippen LogP contribution in [-0.4, -0.2) is 23.3 Å². The normalized spacial score (nSPS) is 16.6. The van der Waals surface area contributed by atoms with E-state index in [2.05, 4.69) is 82.6 Å². The van der Waals surface area contributed by atoms with E-state index in [0.29, 0.717) is 13.5 Å². The summed E-state index contributed by atoms with van der Waals surface area (Å²) < 4.78 is 12.2. The second-order valence-electron chi connectivity index (χ2n) is 7.56. The highest BCUT2D eigenvalue weighted by Gasteiger charge is 2.24. The van der Waals surface area contributed by atoms with Crippen LogP contribution in [0, 0.1) is 0 Å². The van der Waals surface area contributed by atoms with Crippen molar-refractivity contribution in [1.29, 1.82) is 0 Å². The largest absolute Gasteiger partial charge is 0.478 e. The SMILES string of the molecule is c1ccc(CN2COc3cc4c(cc3C2)OCN(Cc2ccccc2)C4)cc1. The van der Waals surface area contributed by atoms with Crippen LogP contribution in [0.25, 0.3) is 0 Å². The lowest BCUT2D eigenvalue weighted by Gasteiger charge is -2.33. The minimum Gasteiger partial charge on any atom is -0.478 e. The summed E-state index contributed by atoms with van der Waals surface area (Å²) in [6.07, 6.45) is 0. The van der Waals surface area contributed by atoms with Crippen molar-refractivity contribution in [2.75, 3.05) is 13.5 Å². The number of hydrogen-bond donors (Lipinski definition) is 0. The zero-order valence-corrected chi connectivity index (χ0v) is 15.9. The Hall–Kier alpha value is -2.82. The molecule has 0 spiro atoms. The highest BCUT2D eigenvalue weighted by molar-refractivity contribution is 5.47. The number of ether oxygens (including phenoxy) is 2. The molecule has 0 amide bonds. The summed E-state index contributed by atoms with van der Waals surface area (Å²) in [5.74, 6) is 1.99. The molecule has 0 unspecified atom stereocenters. The van der Waals surface area contributed by atoms with Crippen molar-refractivity contribution in [2.45, 2.75) is 26.2 Å². The molecule has 2 aliphatic heterocycles. The van der Waals surface area contributed by atoms with Crippen LogP contribution in [0.4, 0.5) is 0 Å². The van der Waals surface area contributed by atoms with E-state index in [1.165, 1.54) is 22.3 Å². The Morgan fingerprint density at radius 2 is 1.04 bits per heavy atom. The van der Waals surface area contributed by atoms with Crippen molar-refractivity contribution in [3.05, 3.63) is 95.1 Å². The van der Waals surface area contributed by atoms with Crippen LogP contribution < -0.4 is 9.47 Å². The van der Waals surface area contributed by atoms with Crippen molar-refractivity contribution in [3.63, 3.8) is 0 Å². The number of rotatable bonds is 4. The Labute approximate surface area is 165 Å². The summed E-state index contributed by atoms with van der Waals surface area (Å²) in [7, 11) is 0. The van der Waals surface area contributed by atoms with E-state index in [0.717, 1.165) is 37.7 Å². The third kappa shape index (κ3) is 3.75. The van der Waals surface area contributed by atoms with Gasteiger partial charge in [0.1, 0.15) is 25.0 Å². The molecule has 0 aliphatic carbocycles. The molecular weight excluding hydrogens is 348 g/mol. The van der Waals surface area contributed by atoms with E-state index >= 15 is 0 Å². The summed E-state index contributed by atoms with van der Waals surface area (Å²) in [6.45, 7) is 4.79. The minimum absolute atomic E-state index is 0.620. The fourth-order valence-corrected chi connectivity index (χ4v) is 3.94. The first kappa shape index (κ1) is 17.3. The Balaban J connectivity index is 1.28. The van der Waals surface area contributed by atoms with E-state index in [1.54, 1.807) is 0 Å². The monoisotopic (exact) mass is 372 g/mol. The van der Waals surface area contributed by atoms with Crippen molar-refractivity contribution in [2.24, 2.45) is 0 Å². The molecule has 0 fully saturated rings. The van der Waals surface area contributed by atoms with Gasteiger partial charge < -0.3 is 9.47 Å². The summed E-state index contributed by atoms with van der Waals surface area (Å²) in [5.41, 5.74) is 5.02. The summed E-state index contributed by atoms with van der Waals surface area (Å²) in [5, 5.41) is 0. The Morgan fingerprint density at radius 3 is 1.46 bits per heavy atom. The summed E-state index contributed by atoms with van der Waals surface area (Å²) >= 11 is 0. The zero-order chi connectivity index (χ0) is 18.8. The van der Waals surface area contributed by atoms with Crippen LogP contribution in [0.1, 0.15) is 22.3 Å². The minimum atomic E-state index is 0.620. The first-order valence-electron chi connectivity index (χ1n) is 9.77. The van der Waals surface area contributed by atoms with Crippen LogP contribution >= 0.6 is 0 Å². The quantitative estimate of drug-likeness (QED) is 0.678. The van der Waals surface area contributed by atoms with Gasteiger partial charge in [0.25, 0.3) is 0 Å². The molecule has 0 N–H and O–H groups in total. The highest BCUT2D eigenvalue weighted by atomic mass is 16.5. The third-order valence-corrected chi connectivity index (χ3v) is 5.33. The number of hydrogen-bond acceptors (Lipinski definition) is 4. The van der Waals surface area contributed by atoms with Gasteiger partial charge in [0.2, 0.25) is 0 Å². The van der Waals surface area contributed by atoms with E-state index in [-0.39, 0.29) is 0 Å². The summed E-state index contributed by atoms with van der Waals surface area (Å²) in [4.78, 5) is 4.63. The third-order valence-electron chi connectivity index (χ3n) is 5.33. The lowest BCUT2D eigenvalue weighted by Crippen LogP contribution is -2.34. The van der Waals surface area contributed by atoms with Gasteiger partial charge in [-0.3, -0.25) is 9.80 Å². The predicted molar refractivity (Wildman–Crippen MR) is 109 cm³/mol. The van der Waals surface area contributed by atoms with Gasteiger partial charge in [-0.25, -0.2) is 0 Å². The van der Waals surface area contributed by atoms with E-state index in [9.17, 15) is 0 Å². The van der Waals surface area contributed by atoms with Gasteiger partial charge >= 0.3 is 0 Å². The molecule has 2 aliphatic rings. The molecule has 2 heterocycles. The molecule has 0 radical (unpaired) electrons. The molecular formula is C24H24N2O2. The van der Waals surface area contributed by atoms with Crippen molar-refractivity contribution < 1.29 is 9.47 Å². The molecule has 0 atom stereocenters. The predicted octanol–water partition coefficient (Wildman–Crippen LogP) is 4.39. The Morgan fingerprint density at radius 1 is 0.607 bits per heavy atom. The van der Waals surface area contributed by atoms with Crippen molar-refractivity contribution in [1.82, 2.24) is 9.80 Å². The molecule has 3 aromatic rings. The van der Waals surface area contributed by atoms with Gasteiger partial charge in [0.15, 0.2) is 0 Å². The van der Waals surface area contributed by atoms with E-state index in [1.807, 2.05) is 0 Å². The molecule has 0 aromatic heterocycles. The van der Waals surface area contributed by atoms with Crippen molar-refractivity contribution >= 4 is 0 Å². The molecule has 0 saturated heterocycles. The topological polar surface area (TPSA) is 24.9 Å². The van der Waals surface area contributed by atoms with Gasteiger partial charge in [-0.2, -0.15) is 0 Å². The van der Waals surface area contributed by atoms with Gasteiger partial charge in [-0.05, 0) is 23.3 Å². The second-order valence-corrected chi connectivity index (χ2v) is 7.56. The van der Waals surface area contributed by atoms with Crippen molar-refractivity contribution in [3.8, 4) is 11.5 Å². The van der Waals surface area contributed by atoms with Gasteiger partial charge in [-0.15, -0.1) is 0 Å². The average molecular weight is 372 g/mol. The van der Waals surface area contributed by atoms with Crippen LogP contribution in [-0.2, 0) is 26.2 Å². The lowest BCUT2D eigenvalue weighted by molar-refractivity contribution is 0.0785. The molecule has 3 aromatic carbocycles. The van der Waals surface area contributed by atoms with Gasteiger partial charge in [-0.1, -0.05) is 60.7 Å². The number of benzene rings is 3. The lowest BCUT2D eigenvalue weighted by atomic mass is 10.1. The van der Waals surface area contributed by atoms with E-state index in [4.69, 9.17) is 9.47 Å². The van der Waals surface area contributed by atoms with Gasteiger partial charge in [0, 0.05) is 37.3 Å². The second kappa shape index (κ2) is 7.66. The maximum Gasteiger partial charge on any atom is 0.142 e. The molecule has 5 rings (SSSR count).